The molecule has 0 saturated carbocycles. The molecule has 3 rings (SSSR count). The average molecular weight is 397 g/mol. The van der Waals surface area contributed by atoms with Crippen molar-refractivity contribution in [1.82, 2.24) is 0 Å². The third-order valence-electron chi connectivity index (χ3n) is 4.17. The van der Waals surface area contributed by atoms with Crippen molar-refractivity contribution >= 4 is 34.3 Å². The highest BCUT2D eigenvalue weighted by atomic mass is 16.6. The minimum Gasteiger partial charge on any atom is -0.493 e. The standard InChI is InChI=1S/C21H19NO7/c1-4-27-20(24)21(25)29-18-11-13(9-10-17(18)26-3)22(2)15-12-19(23)28-16-8-6-5-7-14(15)16/h5-12H,4H2,1-3H3. The maximum Gasteiger partial charge on any atom is 0.422 e. The van der Waals surface area contributed by atoms with Crippen molar-refractivity contribution in [3.8, 4) is 11.5 Å². The molecule has 0 aliphatic heterocycles. The Kier molecular flexibility index (Phi) is 5.82. The van der Waals surface area contributed by atoms with Crippen LogP contribution in [0.15, 0.2) is 57.7 Å². The summed E-state index contributed by atoms with van der Waals surface area (Å²) in [6.07, 6.45) is 0. The number of methoxy groups -OCH3 is 1. The Labute approximate surface area is 166 Å². The molecule has 0 amide bonds. The topological polar surface area (TPSA) is 95.3 Å². The van der Waals surface area contributed by atoms with E-state index in [1.807, 2.05) is 12.1 Å². The van der Waals surface area contributed by atoms with Crippen molar-refractivity contribution in [2.75, 3.05) is 25.7 Å². The lowest BCUT2D eigenvalue weighted by Gasteiger charge is -2.22. The summed E-state index contributed by atoms with van der Waals surface area (Å²) >= 11 is 0. The van der Waals surface area contributed by atoms with Crippen LogP contribution in [0.3, 0.4) is 0 Å². The van der Waals surface area contributed by atoms with Crippen LogP contribution >= 0.6 is 0 Å². The minimum absolute atomic E-state index is 0.0437. The lowest BCUT2D eigenvalue weighted by molar-refractivity contribution is -0.161. The fourth-order valence-electron chi connectivity index (χ4n) is 2.80. The van der Waals surface area contributed by atoms with Gasteiger partial charge in [0.15, 0.2) is 11.5 Å². The predicted octanol–water partition coefficient (Wildman–Crippen LogP) is 3.04. The summed E-state index contributed by atoms with van der Waals surface area (Å²) in [5.41, 5.74) is 1.15. The van der Waals surface area contributed by atoms with E-state index in [0.29, 0.717) is 17.0 Å². The van der Waals surface area contributed by atoms with E-state index >= 15 is 0 Å². The summed E-state index contributed by atoms with van der Waals surface area (Å²) in [6, 6.07) is 13.4. The van der Waals surface area contributed by atoms with Crippen LogP contribution in [0.5, 0.6) is 11.5 Å². The van der Waals surface area contributed by atoms with E-state index in [-0.39, 0.29) is 18.1 Å². The molecular formula is C21H19NO7. The van der Waals surface area contributed by atoms with Crippen molar-refractivity contribution in [3.05, 3.63) is 59.0 Å². The van der Waals surface area contributed by atoms with Crippen molar-refractivity contribution in [1.29, 1.82) is 0 Å². The Balaban J connectivity index is 2.00. The summed E-state index contributed by atoms with van der Waals surface area (Å²) in [5.74, 6) is -1.95. The van der Waals surface area contributed by atoms with E-state index in [0.717, 1.165) is 5.39 Å². The first-order chi connectivity index (χ1) is 13.9. The Hall–Kier alpha value is -3.81. The van der Waals surface area contributed by atoms with Gasteiger partial charge in [0.05, 0.1) is 19.4 Å². The van der Waals surface area contributed by atoms with Gasteiger partial charge in [0.1, 0.15) is 5.58 Å². The zero-order chi connectivity index (χ0) is 21.0. The molecule has 8 heteroatoms. The number of carbonyl (C=O) groups excluding carboxylic acids is 2. The fourth-order valence-corrected chi connectivity index (χ4v) is 2.80. The van der Waals surface area contributed by atoms with Gasteiger partial charge in [-0.1, -0.05) is 12.1 Å². The molecule has 2 aromatic carbocycles. The number of rotatable bonds is 5. The summed E-state index contributed by atoms with van der Waals surface area (Å²) < 4.78 is 20.2. The smallest absolute Gasteiger partial charge is 0.422 e. The number of ether oxygens (including phenoxy) is 3. The number of anilines is 2. The molecular weight excluding hydrogens is 378 g/mol. The summed E-state index contributed by atoms with van der Waals surface area (Å²) in [7, 11) is 3.16. The first-order valence-electron chi connectivity index (χ1n) is 8.78. The SMILES string of the molecule is CCOC(=O)C(=O)Oc1cc(N(C)c2cc(=O)oc3ccccc23)ccc1OC. The zero-order valence-electron chi connectivity index (χ0n) is 16.1. The van der Waals surface area contributed by atoms with Crippen LogP contribution in [0, 0.1) is 0 Å². The molecule has 1 aromatic heterocycles. The molecule has 0 N–H and O–H groups in total. The summed E-state index contributed by atoms with van der Waals surface area (Å²) in [4.78, 5) is 37.2. The van der Waals surface area contributed by atoms with Gasteiger partial charge in [0.2, 0.25) is 0 Å². The van der Waals surface area contributed by atoms with Crippen molar-refractivity contribution < 1.29 is 28.2 Å². The Morgan fingerprint density at radius 2 is 1.79 bits per heavy atom. The van der Waals surface area contributed by atoms with Gasteiger partial charge < -0.3 is 23.5 Å². The van der Waals surface area contributed by atoms with E-state index in [9.17, 15) is 14.4 Å². The fraction of sp³-hybridized carbons (Fsp3) is 0.190. The van der Waals surface area contributed by atoms with Crippen molar-refractivity contribution in [2.45, 2.75) is 6.92 Å². The number of esters is 2. The van der Waals surface area contributed by atoms with Crippen molar-refractivity contribution in [2.24, 2.45) is 0 Å². The first-order valence-corrected chi connectivity index (χ1v) is 8.78. The third-order valence-corrected chi connectivity index (χ3v) is 4.17. The second kappa shape index (κ2) is 8.47. The highest BCUT2D eigenvalue weighted by Crippen LogP contribution is 2.36. The molecule has 0 saturated heterocycles. The summed E-state index contributed by atoms with van der Waals surface area (Å²) in [5, 5.41) is 0.732. The molecule has 150 valence electrons. The minimum atomic E-state index is -1.16. The monoisotopic (exact) mass is 397 g/mol. The molecule has 0 atom stereocenters. The molecule has 0 aliphatic rings. The molecule has 29 heavy (non-hydrogen) atoms. The quantitative estimate of drug-likeness (QED) is 0.281. The van der Waals surface area contributed by atoms with Gasteiger partial charge in [-0.05, 0) is 31.2 Å². The molecule has 3 aromatic rings. The van der Waals surface area contributed by atoms with Crippen LogP contribution < -0.4 is 20.0 Å². The molecule has 0 unspecified atom stereocenters. The normalized spacial score (nSPS) is 10.4. The Morgan fingerprint density at radius 3 is 2.52 bits per heavy atom. The van der Waals surface area contributed by atoms with E-state index in [4.69, 9.17) is 13.9 Å². The van der Waals surface area contributed by atoms with Gasteiger partial charge in [0.25, 0.3) is 0 Å². The van der Waals surface area contributed by atoms with Crippen molar-refractivity contribution in [3.63, 3.8) is 0 Å². The highest BCUT2D eigenvalue weighted by molar-refractivity contribution is 6.30. The zero-order valence-corrected chi connectivity index (χ0v) is 16.1. The van der Waals surface area contributed by atoms with E-state index in [2.05, 4.69) is 4.74 Å². The summed E-state index contributed by atoms with van der Waals surface area (Å²) in [6.45, 7) is 1.64. The van der Waals surface area contributed by atoms with E-state index in [1.54, 1.807) is 43.1 Å². The van der Waals surface area contributed by atoms with Crippen LogP contribution in [-0.2, 0) is 14.3 Å². The molecule has 0 bridgehead atoms. The van der Waals surface area contributed by atoms with Gasteiger partial charge in [-0.25, -0.2) is 14.4 Å². The van der Waals surface area contributed by atoms with Gasteiger partial charge in [-0.3, -0.25) is 0 Å². The maximum absolute atomic E-state index is 12.0. The Bertz CT molecular complexity index is 1120. The first kappa shape index (κ1) is 19.9. The lowest BCUT2D eigenvalue weighted by Crippen LogP contribution is -2.23. The van der Waals surface area contributed by atoms with Crippen LogP contribution in [0.1, 0.15) is 6.92 Å². The number of para-hydroxylation sites is 1. The van der Waals surface area contributed by atoms with E-state index < -0.39 is 17.6 Å². The number of hydrogen-bond donors (Lipinski definition) is 0. The third kappa shape index (κ3) is 4.21. The lowest BCUT2D eigenvalue weighted by atomic mass is 10.1. The number of carbonyl (C=O) groups is 2. The van der Waals surface area contributed by atoms with Gasteiger partial charge in [-0.2, -0.15) is 0 Å². The second-order valence-electron chi connectivity index (χ2n) is 5.95. The van der Waals surface area contributed by atoms with Crippen LogP contribution in [-0.4, -0.2) is 32.7 Å². The predicted molar refractivity (Wildman–Crippen MR) is 106 cm³/mol. The second-order valence-corrected chi connectivity index (χ2v) is 5.95. The van der Waals surface area contributed by atoms with Crippen LogP contribution in [0.25, 0.3) is 11.0 Å². The van der Waals surface area contributed by atoms with Gasteiger partial charge >= 0.3 is 17.6 Å². The van der Waals surface area contributed by atoms with Crippen LogP contribution in [0.2, 0.25) is 0 Å². The van der Waals surface area contributed by atoms with E-state index in [1.165, 1.54) is 19.2 Å². The number of hydrogen-bond acceptors (Lipinski definition) is 8. The number of fused-ring (bicyclic) bond motifs is 1. The molecule has 0 radical (unpaired) electrons. The molecule has 0 spiro atoms. The number of benzene rings is 2. The Morgan fingerprint density at radius 1 is 1.03 bits per heavy atom. The van der Waals surface area contributed by atoms with Gasteiger partial charge in [0, 0.05) is 30.3 Å². The highest BCUT2D eigenvalue weighted by Gasteiger charge is 2.21. The largest absolute Gasteiger partial charge is 0.493 e. The average Bonchev–Trinajstić information content (AvgIpc) is 2.72. The molecule has 8 nitrogen and oxygen atoms in total. The maximum atomic E-state index is 12.0. The number of nitrogens with zero attached hydrogens (tertiary/aromatic N) is 1. The molecule has 0 fully saturated rings. The van der Waals surface area contributed by atoms with Crippen LogP contribution in [0.4, 0.5) is 11.4 Å². The van der Waals surface area contributed by atoms with Gasteiger partial charge in [-0.15, -0.1) is 0 Å². The molecule has 1 heterocycles. The molecule has 0 aliphatic carbocycles.